The average molecular weight is 617 g/mol. The second-order valence-electron chi connectivity index (χ2n) is 10.1. The molecule has 0 aliphatic carbocycles. The van der Waals surface area contributed by atoms with Crippen LogP contribution in [0.5, 0.6) is 5.75 Å². The van der Waals surface area contributed by atoms with Gasteiger partial charge in [0, 0.05) is 29.8 Å². The van der Waals surface area contributed by atoms with Crippen molar-refractivity contribution in [1.29, 1.82) is 0 Å². The molecule has 3 N–H and O–H groups in total. The number of carboxylic acid groups (broad SMARTS) is 1. The predicted molar refractivity (Wildman–Crippen MR) is 162 cm³/mol. The summed E-state index contributed by atoms with van der Waals surface area (Å²) in [6.07, 6.45) is -1.23. The van der Waals surface area contributed by atoms with Crippen molar-refractivity contribution in [2.24, 2.45) is 12.8 Å². The number of pyridine rings is 1. The molecule has 0 radical (unpaired) electrons. The van der Waals surface area contributed by atoms with Crippen molar-refractivity contribution in [1.82, 2.24) is 9.88 Å². The van der Waals surface area contributed by atoms with Crippen LogP contribution in [0.15, 0.2) is 110 Å². The highest BCUT2D eigenvalue weighted by Gasteiger charge is 2.29. The summed E-state index contributed by atoms with van der Waals surface area (Å²) in [4.78, 5) is 22.8. The Labute approximate surface area is 257 Å². The summed E-state index contributed by atoms with van der Waals surface area (Å²) >= 11 is 0. The van der Waals surface area contributed by atoms with Crippen molar-refractivity contribution in [3.8, 4) is 5.75 Å². The number of aliphatic carboxylic acids is 1. The zero-order valence-corrected chi connectivity index (χ0v) is 24.5. The molecule has 1 unspecified atom stereocenters. The van der Waals surface area contributed by atoms with Gasteiger partial charge in [0.05, 0.1) is 18.7 Å². The number of nitrogens with two attached hydrogens (primary N) is 1. The molecule has 5 aromatic rings. The first-order chi connectivity index (χ1) is 21.4. The fourth-order valence-corrected chi connectivity index (χ4v) is 4.76. The number of halogens is 3. The maximum absolute atomic E-state index is 14.0. The second-order valence-corrected chi connectivity index (χ2v) is 10.1. The number of rotatable bonds is 8. The summed E-state index contributed by atoms with van der Waals surface area (Å²) in [5, 5.41) is 13.0. The highest BCUT2D eigenvalue weighted by Crippen LogP contribution is 2.31. The highest BCUT2D eigenvalue weighted by molar-refractivity contribution is 6.01. The van der Waals surface area contributed by atoms with Crippen molar-refractivity contribution in [3.05, 3.63) is 138 Å². The van der Waals surface area contributed by atoms with Gasteiger partial charge in [-0.05, 0) is 46.5 Å². The molecule has 0 spiro atoms. The number of fused-ring (bicyclic) bond motifs is 1. The smallest absolute Gasteiger partial charge is 0.430 e. The Morgan fingerprint density at radius 1 is 0.978 bits per heavy atom. The molecule has 45 heavy (non-hydrogen) atoms. The van der Waals surface area contributed by atoms with Crippen LogP contribution in [0, 0.1) is 0 Å². The third-order valence-corrected chi connectivity index (χ3v) is 6.97. The lowest BCUT2D eigenvalue weighted by Crippen LogP contribution is -2.37. The van der Waals surface area contributed by atoms with Gasteiger partial charge in [0.2, 0.25) is 0 Å². The van der Waals surface area contributed by atoms with Crippen molar-refractivity contribution < 1.29 is 37.2 Å². The fraction of sp³-hybridized carbons (Fsp3) is 0.147. The number of carbonyl (C=O) groups excluding carboxylic acids is 2. The van der Waals surface area contributed by atoms with Gasteiger partial charge in [0.1, 0.15) is 24.5 Å². The van der Waals surface area contributed by atoms with E-state index in [2.05, 4.69) is 11.9 Å². The molecule has 232 valence electrons. The van der Waals surface area contributed by atoms with E-state index in [1.165, 1.54) is 0 Å². The van der Waals surface area contributed by atoms with Crippen LogP contribution in [0.1, 0.15) is 38.8 Å². The number of nitrogens with zero attached hydrogens (tertiary/aromatic N) is 2. The highest BCUT2D eigenvalue weighted by atomic mass is 19.4. The van der Waals surface area contributed by atoms with Gasteiger partial charge in [-0.3, -0.25) is 4.79 Å². The fourth-order valence-electron chi connectivity index (χ4n) is 4.76. The number of ether oxygens (including phenoxy) is 1. The third kappa shape index (κ3) is 7.88. The number of hydrogen-bond donors (Lipinski definition) is 2. The first-order valence-electron chi connectivity index (χ1n) is 13.7. The zero-order valence-electron chi connectivity index (χ0n) is 24.5. The van der Waals surface area contributed by atoms with E-state index < -0.39 is 12.1 Å². The van der Waals surface area contributed by atoms with E-state index in [0.29, 0.717) is 17.9 Å². The summed E-state index contributed by atoms with van der Waals surface area (Å²) < 4.78 is 41.2. The Morgan fingerprint density at radius 3 is 2.20 bits per heavy atom. The van der Waals surface area contributed by atoms with E-state index in [-0.39, 0.29) is 11.9 Å². The van der Waals surface area contributed by atoms with E-state index >= 15 is 0 Å². The summed E-state index contributed by atoms with van der Waals surface area (Å²) in [6, 6.07) is 29.4. The van der Waals surface area contributed by atoms with Crippen LogP contribution in [0.2, 0.25) is 0 Å². The number of aryl methyl sites for hydroxylation is 1. The molecule has 0 aliphatic rings. The van der Waals surface area contributed by atoms with E-state index in [9.17, 15) is 18.0 Å². The molecule has 0 aliphatic heterocycles. The van der Waals surface area contributed by atoms with E-state index in [0.717, 1.165) is 38.9 Å². The van der Waals surface area contributed by atoms with Crippen LogP contribution in [0.3, 0.4) is 0 Å². The normalized spacial score (nSPS) is 11.7. The van der Waals surface area contributed by atoms with Gasteiger partial charge in [-0.25, -0.2) is 4.57 Å². The molecule has 0 fully saturated rings. The molecule has 0 bridgehead atoms. The molecular formula is C34H31F3N4O4. The lowest BCUT2D eigenvalue weighted by molar-refractivity contribution is -0.671. The Bertz CT molecular complexity index is 1820. The number of carbonyl (C=O) groups is 2. The number of hydrogen-bond acceptors (Lipinski definition) is 5. The van der Waals surface area contributed by atoms with Gasteiger partial charge in [0.15, 0.2) is 12.4 Å². The minimum Gasteiger partial charge on any atom is -0.542 e. The second kappa shape index (κ2) is 13.8. The van der Waals surface area contributed by atoms with Crippen molar-refractivity contribution >= 4 is 28.5 Å². The number of aromatic nitrogens is 2. The van der Waals surface area contributed by atoms with Crippen LogP contribution in [0.25, 0.3) is 16.6 Å². The van der Waals surface area contributed by atoms with Gasteiger partial charge in [-0.15, -0.1) is 0 Å². The summed E-state index contributed by atoms with van der Waals surface area (Å²) in [5.74, 6) is -2.47. The Kier molecular flexibility index (Phi) is 9.92. The first-order valence-corrected chi connectivity index (χ1v) is 13.7. The standard InChI is InChI=1S/C32H30N4O2.C2HF3O2/c1-22(33)26-12-7-9-23(19-26)21-36-28-13-8-14-30(38-3)27(28)20-29(36)32(37)34-31(24-10-5-4-6-11-24)25-15-17-35(2)18-16-25;3-2(4,5)1(6)7/h4-20,31H,1,21,33H2,2-3H3;(H,6,7). The van der Waals surface area contributed by atoms with E-state index in [4.69, 9.17) is 20.4 Å². The summed E-state index contributed by atoms with van der Waals surface area (Å²) in [5.41, 5.74) is 11.8. The molecule has 8 nitrogen and oxygen atoms in total. The summed E-state index contributed by atoms with van der Waals surface area (Å²) in [7, 11) is 3.61. The molecular weight excluding hydrogens is 585 g/mol. The zero-order chi connectivity index (χ0) is 32.7. The lowest BCUT2D eigenvalue weighted by atomic mass is 9.99. The molecule has 0 saturated carbocycles. The van der Waals surface area contributed by atoms with Crippen molar-refractivity contribution in [2.45, 2.75) is 18.8 Å². The molecule has 0 saturated heterocycles. The Hall–Kier alpha value is -5.58. The average Bonchev–Trinajstić information content (AvgIpc) is 3.39. The van der Waals surface area contributed by atoms with Crippen molar-refractivity contribution in [2.75, 3.05) is 7.11 Å². The van der Waals surface area contributed by atoms with E-state index in [1.807, 2.05) is 120 Å². The number of nitrogens with one attached hydrogen (secondary N) is 1. The summed E-state index contributed by atoms with van der Waals surface area (Å²) in [6.45, 7) is 4.35. The minimum atomic E-state index is -5.19. The monoisotopic (exact) mass is 616 g/mol. The van der Waals surface area contributed by atoms with Gasteiger partial charge >= 0.3 is 6.18 Å². The lowest BCUT2D eigenvalue weighted by Gasteiger charge is -2.20. The SMILES string of the molecule is C=C(N)c1cccc(Cn2c(C(=O)NC(c3ccccc3)c3cc[n+](C)cc3)cc3c(OC)cccc32)c1.O=C([O-])C(F)(F)F. The molecule has 2 aromatic heterocycles. The number of carboxylic acids is 1. The van der Waals surface area contributed by atoms with Crippen LogP contribution in [0.4, 0.5) is 13.2 Å². The molecule has 1 amide bonds. The molecule has 5 rings (SSSR count). The largest absolute Gasteiger partial charge is 0.542 e. The van der Waals surface area contributed by atoms with Gasteiger partial charge < -0.3 is 30.3 Å². The third-order valence-electron chi connectivity index (χ3n) is 6.97. The van der Waals surface area contributed by atoms with Crippen LogP contribution in [-0.2, 0) is 18.4 Å². The first kappa shape index (κ1) is 32.3. The maximum Gasteiger partial charge on any atom is 0.430 e. The minimum absolute atomic E-state index is 0.176. The Morgan fingerprint density at radius 2 is 1.60 bits per heavy atom. The molecule has 2 heterocycles. The van der Waals surface area contributed by atoms with Crippen LogP contribution >= 0.6 is 0 Å². The predicted octanol–water partition coefficient (Wildman–Crippen LogP) is 4.27. The quantitative estimate of drug-likeness (QED) is 0.253. The molecule has 3 aromatic carbocycles. The number of methoxy groups -OCH3 is 1. The van der Waals surface area contributed by atoms with Crippen molar-refractivity contribution in [3.63, 3.8) is 0 Å². The van der Waals surface area contributed by atoms with Crippen LogP contribution < -0.4 is 25.5 Å². The Balaban J connectivity index is 0.000000591. The van der Waals surface area contributed by atoms with Crippen LogP contribution in [-0.4, -0.2) is 29.7 Å². The maximum atomic E-state index is 14.0. The number of benzene rings is 3. The number of amides is 1. The topological polar surface area (TPSA) is 113 Å². The van der Waals surface area contributed by atoms with Gasteiger partial charge in [0.25, 0.3) is 5.91 Å². The van der Waals surface area contributed by atoms with E-state index in [1.54, 1.807) is 7.11 Å². The van der Waals surface area contributed by atoms with Gasteiger partial charge in [-0.1, -0.05) is 61.2 Å². The number of alkyl halides is 3. The van der Waals surface area contributed by atoms with Gasteiger partial charge in [-0.2, -0.15) is 13.2 Å². The molecule has 11 heteroatoms. The molecule has 1 atom stereocenters.